The van der Waals surface area contributed by atoms with Crippen LogP contribution >= 0.6 is 0 Å². The second-order valence-electron chi connectivity index (χ2n) is 6.51. The molecule has 1 aromatic heterocycles. The van der Waals surface area contributed by atoms with Crippen LogP contribution in [0.4, 0.5) is 5.69 Å². The molecule has 0 unspecified atom stereocenters. The first kappa shape index (κ1) is 15.6. The van der Waals surface area contributed by atoms with Crippen molar-refractivity contribution in [2.24, 2.45) is 0 Å². The average molecular weight is 337 g/mol. The van der Waals surface area contributed by atoms with Crippen molar-refractivity contribution < 1.29 is 19.1 Å². The molecule has 128 valence electrons. The Morgan fingerprint density at radius 2 is 2.04 bits per heavy atom. The van der Waals surface area contributed by atoms with E-state index < -0.39 is 0 Å². The molecule has 0 saturated heterocycles. The van der Waals surface area contributed by atoms with Gasteiger partial charge in [-0.25, -0.2) is 0 Å². The number of furan rings is 1. The van der Waals surface area contributed by atoms with Crippen molar-refractivity contribution in [3.63, 3.8) is 0 Å². The van der Waals surface area contributed by atoms with Crippen LogP contribution in [-0.4, -0.2) is 18.1 Å². The number of nitrogens with one attached hydrogen (secondary N) is 1. The van der Waals surface area contributed by atoms with E-state index in [0.29, 0.717) is 17.9 Å². The Labute approximate surface area is 145 Å². The van der Waals surface area contributed by atoms with Gasteiger partial charge >= 0.3 is 0 Å². The normalized spacial score (nSPS) is 16.6. The zero-order valence-electron chi connectivity index (χ0n) is 14.3. The van der Waals surface area contributed by atoms with Crippen LogP contribution in [0.2, 0.25) is 0 Å². The number of phenols is 1. The number of carbonyl (C=O) groups is 1. The molecule has 1 amide bonds. The van der Waals surface area contributed by atoms with E-state index in [2.05, 4.69) is 11.4 Å². The first-order valence-corrected chi connectivity index (χ1v) is 8.18. The predicted octanol–water partition coefficient (Wildman–Crippen LogP) is 4.24. The van der Waals surface area contributed by atoms with Crippen molar-refractivity contribution in [1.29, 1.82) is 0 Å². The number of rotatable bonds is 2. The summed E-state index contributed by atoms with van der Waals surface area (Å²) in [6.07, 6.45) is 0.292. The SMILES string of the molecule is COc1cc2c(cc1O)NC(=O)C[C@H]2c1oc2ccc(C)cc2c1C. The van der Waals surface area contributed by atoms with Gasteiger partial charge in [0, 0.05) is 23.6 Å². The molecular weight excluding hydrogens is 318 g/mol. The van der Waals surface area contributed by atoms with E-state index in [4.69, 9.17) is 9.15 Å². The minimum absolute atomic E-state index is 0.000784. The van der Waals surface area contributed by atoms with E-state index >= 15 is 0 Å². The Bertz CT molecular complexity index is 1000. The van der Waals surface area contributed by atoms with E-state index in [1.54, 1.807) is 6.07 Å². The largest absolute Gasteiger partial charge is 0.504 e. The summed E-state index contributed by atoms with van der Waals surface area (Å²) in [5.74, 6) is 0.845. The molecule has 0 spiro atoms. The first-order chi connectivity index (χ1) is 12.0. The maximum absolute atomic E-state index is 12.2. The molecule has 0 fully saturated rings. The molecule has 5 heteroatoms. The number of ether oxygens (including phenoxy) is 1. The van der Waals surface area contributed by atoms with Crippen molar-refractivity contribution in [3.05, 3.63) is 52.8 Å². The van der Waals surface area contributed by atoms with Gasteiger partial charge in [-0.3, -0.25) is 4.79 Å². The third kappa shape index (κ3) is 2.43. The third-order valence-corrected chi connectivity index (χ3v) is 4.84. The molecular formula is C20H19NO4. The molecule has 1 atom stereocenters. The van der Waals surface area contributed by atoms with Gasteiger partial charge in [0.05, 0.1) is 13.0 Å². The minimum atomic E-state index is -0.217. The fourth-order valence-electron chi connectivity index (χ4n) is 3.56. The molecule has 1 aliphatic rings. The summed E-state index contributed by atoms with van der Waals surface area (Å²) in [4.78, 5) is 12.2. The highest BCUT2D eigenvalue weighted by molar-refractivity contribution is 5.96. The lowest BCUT2D eigenvalue weighted by molar-refractivity contribution is -0.116. The van der Waals surface area contributed by atoms with Gasteiger partial charge in [-0.15, -0.1) is 0 Å². The van der Waals surface area contributed by atoms with Gasteiger partial charge in [-0.1, -0.05) is 11.6 Å². The molecule has 0 aliphatic carbocycles. The molecule has 5 nitrogen and oxygen atoms in total. The van der Waals surface area contributed by atoms with Crippen molar-refractivity contribution in [2.45, 2.75) is 26.2 Å². The van der Waals surface area contributed by atoms with Gasteiger partial charge in [0.2, 0.25) is 5.91 Å². The van der Waals surface area contributed by atoms with E-state index in [1.807, 2.05) is 26.0 Å². The lowest BCUT2D eigenvalue weighted by Crippen LogP contribution is -2.23. The summed E-state index contributed by atoms with van der Waals surface area (Å²) in [6.45, 7) is 4.06. The van der Waals surface area contributed by atoms with Crippen LogP contribution in [0.15, 0.2) is 34.7 Å². The summed E-state index contributed by atoms with van der Waals surface area (Å²) in [7, 11) is 1.51. The van der Waals surface area contributed by atoms with E-state index in [0.717, 1.165) is 33.4 Å². The number of phenolic OH excluding ortho intramolecular Hbond substituents is 1. The summed E-state index contributed by atoms with van der Waals surface area (Å²) in [5, 5.41) is 13.9. The molecule has 2 aromatic carbocycles. The number of fused-ring (bicyclic) bond motifs is 2. The maximum atomic E-state index is 12.2. The number of amides is 1. The Morgan fingerprint density at radius 3 is 2.80 bits per heavy atom. The highest BCUT2D eigenvalue weighted by atomic mass is 16.5. The third-order valence-electron chi connectivity index (χ3n) is 4.84. The van der Waals surface area contributed by atoms with Crippen LogP contribution in [0, 0.1) is 13.8 Å². The monoisotopic (exact) mass is 337 g/mol. The molecule has 25 heavy (non-hydrogen) atoms. The Kier molecular flexibility index (Phi) is 3.46. The second-order valence-corrected chi connectivity index (χ2v) is 6.51. The molecule has 3 aromatic rings. The molecule has 4 rings (SSSR count). The van der Waals surface area contributed by atoms with Crippen molar-refractivity contribution >= 4 is 22.6 Å². The van der Waals surface area contributed by atoms with Gasteiger partial charge in [0.1, 0.15) is 11.3 Å². The van der Waals surface area contributed by atoms with Gasteiger partial charge < -0.3 is 19.6 Å². The summed E-state index contributed by atoms with van der Waals surface area (Å²) in [6, 6.07) is 9.37. The number of carbonyl (C=O) groups excluding carboxylic acids is 1. The van der Waals surface area contributed by atoms with E-state index in [9.17, 15) is 9.90 Å². The van der Waals surface area contributed by atoms with Crippen LogP contribution in [0.5, 0.6) is 11.5 Å². The average Bonchev–Trinajstić information content (AvgIpc) is 2.90. The summed E-state index contributed by atoms with van der Waals surface area (Å²) in [5.41, 5.74) is 4.49. The topological polar surface area (TPSA) is 71.7 Å². The number of aryl methyl sites for hydroxylation is 2. The van der Waals surface area contributed by atoms with Crippen LogP contribution in [0.25, 0.3) is 11.0 Å². The molecule has 0 bridgehead atoms. The van der Waals surface area contributed by atoms with E-state index in [-0.39, 0.29) is 17.6 Å². The molecule has 2 N–H and O–H groups in total. The number of hydrogen-bond acceptors (Lipinski definition) is 4. The summed E-state index contributed by atoms with van der Waals surface area (Å²) >= 11 is 0. The zero-order chi connectivity index (χ0) is 17.7. The standard InChI is InChI=1S/C20H19NO4/c1-10-4-5-17-12(6-10)11(2)20(25-17)14-8-19(23)21-15-9-16(22)18(24-3)7-13(14)15/h4-7,9,14,22H,8H2,1-3H3,(H,21,23)/t14-/m1/s1. The minimum Gasteiger partial charge on any atom is -0.504 e. The second kappa shape index (κ2) is 5.55. The smallest absolute Gasteiger partial charge is 0.225 e. The quantitative estimate of drug-likeness (QED) is 0.734. The fourth-order valence-corrected chi connectivity index (χ4v) is 3.56. The highest BCUT2D eigenvalue weighted by Crippen LogP contribution is 2.45. The van der Waals surface area contributed by atoms with Crippen LogP contribution < -0.4 is 10.1 Å². The number of benzene rings is 2. The van der Waals surface area contributed by atoms with Gasteiger partial charge in [0.15, 0.2) is 11.5 Å². The molecule has 0 saturated carbocycles. The Hall–Kier alpha value is -2.95. The Morgan fingerprint density at radius 1 is 1.24 bits per heavy atom. The lowest BCUT2D eigenvalue weighted by atomic mass is 9.86. The van der Waals surface area contributed by atoms with Gasteiger partial charge in [-0.05, 0) is 43.2 Å². The van der Waals surface area contributed by atoms with Gasteiger partial charge in [-0.2, -0.15) is 0 Å². The fraction of sp³-hybridized carbons (Fsp3) is 0.250. The lowest BCUT2D eigenvalue weighted by Gasteiger charge is -2.25. The molecule has 0 radical (unpaired) electrons. The number of aromatic hydroxyl groups is 1. The summed E-state index contributed by atoms with van der Waals surface area (Å²) < 4.78 is 11.4. The van der Waals surface area contributed by atoms with E-state index in [1.165, 1.54) is 13.2 Å². The zero-order valence-corrected chi connectivity index (χ0v) is 14.3. The first-order valence-electron chi connectivity index (χ1n) is 8.18. The molecule has 1 aliphatic heterocycles. The van der Waals surface area contributed by atoms with Crippen LogP contribution in [-0.2, 0) is 4.79 Å². The predicted molar refractivity (Wildman–Crippen MR) is 95.4 cm³/mol. The Balaban J connectivity index is 1.92. The van der Waals surface area contributed by atoms with Gasteiger partial charge in [0.25, 0.3) is 0 Å². The van der Waals surface area contributed by atoms with Crippen molar-refractivity contribution in [1.82, 2.24) is 0 Å². The highest BCUT2D eigenvalue weighted by Gasteiger charge is 2.32. The van der Waals surface area contributed by atoms with Crippen molar-refractivity contribution in [3.8, 4) is 11.5 Å². The maximum Gasteiger partial charge on any atom is 0.225 e. The number of hydrogen-bond donors (Lipinski definition) is 2. The van der Waals surface area contributed by atoms with Crippen LogP contribution in [0.1, 0.15) is 34.8 Å². The number of anilines is 1. The number of methoxy groups -OCH3 is 1. The van der Waals surface area contributed by atoms with Crippen LogP contribution in [0.3, 0.4) is 0 Å². The molecule has 2 heterocycles. The van der Waals surface area contributed by atoms with Crippen molar-refractivity contribution in [2.75, 3.05) is 12.4 Å².